The Bertz CT molecular complexity index is 500. The van der Waals surface area contributed by atoms with Gasteiger partial charge in [0.25, 0.3) is 5.91 Å². The van der Waals surface area contributed by atoms with Crippen LogP contribution in [0.15, 0.2) is 4.42 Å². The van der Waals surface area contributed by atoms with Crippen LogP contribution in [-0.4, -0.2) is 51.0 Å². The Morgan fingerprint density at radius 3 is 2.84 bits per heavy atom. The zero-order valence-corrected chi connectivity index (χ0v) is 11.7. The third-order valence-electron chi connectivity index (χ3n) is 3.00. The Morgan fingerprint density at radius 1 is 1.53 bits per heavy atom. The molecule has 104 valence electrons. The first kappa shape index (κ1) is 13.9. The predicted octanol–water partition coefficient (Wildman–Crippen LogP) is 1.32. The summed E-state index contributed by atoms with van der Waals surface area (Å²) < 4.78 is 5.33. The molecule has 0 aliphatic carbocycles. The van der Waals surface area contributed by atoms with E-state index in [4.69, 9.17) is 9.52 Å². The SMILES string of the molecule is Cc1nc(C)c(C(=O)N2CCSC[C@@H]2CC(=O)O)o1. The highest BCUT2D eigenvalue weighted by Crippen LogP contribution is 2.22. The van der Waals surface area contributed by atoms with Crippen LogP contribution in [0.1, 0.15) is 28.6 Å². The van der Waals surface area contributed by atoms with Gasteiger partial charge in [0.05, 0.1) is 18.2 Å². The second-order valence-electron chi connectivity index (χ2n) is 4.47. The Labute approximate surface area is 115 Å². The number of carboxylic acid groups (broad SMARTS) is 1. The van der Waals surface area contributed by atoms with Crippen molar-refractivity contribution in [3.05, 3.63) is 17.3 Å². The fourth-order valence-electron chi connectivity index (χ4n) is 2.15. The molecule has 2 rings (SSSR count). The lowest BCUT2D eigenvalue weighted by Gasteiger charge is -2.34. The molecule has 1 saturated heterocycles. The van der Waals surface area contributed by atoms with Crippen LogP contribution in [0.3, 0.4) is 0 Å². The molecule has 0 bridgehead atoms. The molecule has 1 aliphatic heterocycles. The summed E-state index contributed by atoms with van der Waals surface area (Å²) >= 11 is 1.67. The number of thioether (sulfide) groups is 1. The second-order valence-corrected chi connectivity index (χ2v) is 5.62. The van der Waals surface area contributed by atoms with Crippen molar-refractivity contribution in [2.45, 2.75) is 26.3 Å². The Morgan fingerprint density at radius 2 is 2.26 bits per heavy atom. The van der Waals surface area contributed by atoms with Crippen molar-refractivity contribution in [2.24, 2.45) is 0 Å². The smallest absolute Gasteiger partial charge is 0.305 e. The van der Waals surface area contributed by atoms with Gasteiger partial charge in [-0.1, -0.05) is 0 Å². The Kier molecular flexibility index (Phi) is 4.14. The summed E-state index contributed by atoms with van der Waals surface area (Å²) in [6.07, 6.45) is -0.0368. The van der Waals surface area contributed by atoms with E-state index < -0.39 is 5.97 Å². The number of oxazole rings is 1. The monoisotopic (exact) mass is 284 g/mol. The molecule has 1 N–H and O–H groups in total. The van der Waals surface area contributed by atoms with E-state index in [0.29, 0.717) is 23.9 Å². The average Bonchev–Trinajstić information content (AvgIpc) is 2.67. The molecule has 0 aromatic carbocycles. The fourth-order valence-corrected chi connectivity index (χ4v) is 3.22. The van der Waals surface area contributed by atoms with E-state index >= 15 is 0 Å². The molecule has 0 radical (unpaired) electrons. The van der Waals surface area contributed by atoms with Gasteiger partial charge in [-0.05, 0) is 6.92 Å². The number of aryl methyl sites for hydroxylation is 2. The normalized spacial score (nSPS) is 19.5. The largest absolute Gasteiger partial charge is 0.481 e. The summed E-state index contributed by atoms with van der Waals surface area (Å²) in [5.41, 5.74) is 0.551. The van der Waals surface area contributed by atoms with Crippen molar-refractivity contribution in [1.29, 1.82) is 0 Å². The predicted molar refractivity (Wildman–Crippen MR) is 70.4 cm³/mol. The van der Waals surface area contributed by atoms with E-state index in [1.54, 1.807) is 30.5 Å². The van der Waals surface area contributed by atoms with E-state index in [0.717, 1.165) is 5.75 Å². The number of aliphatic carboxylic acids is 1. The van der Waals surface area contributed by atoms with Crippen molar-refractivity contribution in [2.75, 3.05) is 18.1 Å². The van der Waals surface area contributed by atoms with Crippen LogP contribution in [0, 0.1) is 13.8 Å². The number of carbonyl (C=O) groups excluding carboxylic acids is 1. The van der Waals surface area contributed by atoms with Gasteiger partial charge in [0, 0.05) is 25.0 Å². The Hall–Kier alpha value is -1.50. The summed E-state index contributed by atoms with van der Waals surface area (Å²) in [4.78, 5) is 28.9. The van der Waals surface area contributed by atoms with Crippen LogP contribution in [0.25, 0.3) is 0 Å². The number of aromatic nitrogens is 1. The first-order valence-electron chi connectivity index (χ1n) is 6.03. The molecule has 1 aromatic heterocycles. The maximum atomic E-state index is 12.4. The molecule has 2 heterocycles. The number of rotatable bonds is 3. The van der Waals surface area contributed by atoms with Crippen LogP contribution in [0.4, 0.5) is 0 Å². The van der Waals surface area contributed by atoms with Gasteiger partial charge in [-0.15, -0.1) is 0 Å². The molecule has 6 nitrogen and oxygen atoms in total. The fraction of sp³-hybridized carbons (Fsp3) is 0.583. The molecule has 1 amide bonds. The third-order valence-corrected chi connectivity index (χ3v) is 4.09. The van der Waals surface area contributed by atoms with Crippen molar-refractivity contribution >= 4 is 23.6 Å². The van der Waals surface area contributed by atoms with E-state index in [2.05, 4.69) is 4.98 Å². The van der Waals surface area contributed by atoms with Gasteiger partial charge in [-0.2, -0.15) is 11.8 Å². The van der Waals surface area contributed by atoms with Crippen LogP contribution in [0.2, 0.25) is 0 Å². The van der Waals surface area contributed by atoms with Gasteiger partial charge >= 0.3 is 5.97 Å². The number of hydrogen-bond acceptors (Lipinski definition) is 5. The lowest BCUT2D eigenvalue weighted by molar-refractivity contribution is -0.138. The van der Waals surface area contributed by atoms with E-state index in [9.17, 15) is 9.59 Å². The van der Waals surface area contributed by atoms with Crippen molar-refractivity contribution < 1.29 is 19.1 Å². The van der Waals surface area contributed by atoms with Crippen LogP contribution in [-0.2, 0) is 4.79 Å². The molecule has 1 aromatic rings. The van der Waals surface area contributed by atoms with Crippen molar-refractivity contribution in [3.8, 4) is 0 Å². The maximum absolute atomic E-state index is 12.4. The molecule has 19 heavy (non-hydrogen) atoms. The quantitative estimate of drug-likeness (QED) is 0.901. The lowest BCUT2D eigenvalue weighted by atomic mass is 10.1. The molecule has 1 fully saturated rings. The van der Waals surface area contributed by atoms with Crippen molar-refractivity contribution in [3.63, 3.8) is 0 Å². The zero-order valence-electron chi connectivity index (χ0n) is 10.9. The zero-order chi connectivity index (χ0) is 14.0. The first-order chi connectivity index (χ1) is 8.99. The summed E-state index contributed by atoms with van der Waals surface area (Å²) in [7, 11) is 0. The molecule has 1 atom stereocenters. The summed E-state index contributed by atoms with van der Waals surface area (Å²) in [6, 6.07) is -0.284. The van der Waals surface area contributed by atoms with Crippen LogP contribution in [0.5, 0.6) is 0 Å². The summed E-state index contributed by atoms with van der Waals surface area (Å²) in [5, 5.41) is 8.91. The summed E-state index contributed by atoms with van der Waals surface area (Å²) in [5.74, 6) is 0.973. The van der Waals surface area contributed by atoms with E-state index in [1.165, 1.54) is 0 Å². The number of nitrogens with zero attached hydrogens (tertiary/aromatic N) is 2. The minimum atomic E-state index is -0.893. The van der Waals surface area contributed by atoms with Gasteiger partial charge in [-0.3, -0.25) is 9.59 Å². The molecule has 7 heteroatoms. The third kappa shape index (κ3) is 3.09. The lowest BCUT2D eigenvalue weighted by Crippen LogP contribution is -2.47. The van der Waals surface area contributed by atoms with Gasteiger partial charge in [0.15, 0.2) is 5.89 Å². The first-order valence-corrected chi connectivity index (χ1v) is 7.19. The minimum absolute atomic E-state index is 0.0368. The topological polar surface area (TPSA) is 83.6 Å². The molecule has 0 unspecified atom stereocenters. The number of amides is 1. The highest BCUT2D eigenvalue weighted by Gasteiger charge is 2.32. The number of carbonyl (C=O) groups is 2. The molecular formula is C12H16N2O4S. The van der Waals surface area contributed by atoms with Gasteiger partial charge < -0.3 is 14.4 Å². The minimum Gasteiger partial charge on any atom is -0.481 e. The van der Waals surface area contributed by atoms with Gasteiger partial charge in [-0.25, -0.2) is 4.98 Å². The molecule has 0 spiro atoms. The second kappa shape index (κ2) is 5.64. The maximum Gasteiger partial charge on any atom is 0.305 e. The highest BCUT2D eigenvalue weighted by atomic mass is 32.2. The molecule has 0 saturated carbocycles. The molecular weight excluding hydrogens is 268 g/mol. The standard InChI is InChI=1S/C12H16N2O4S/c1-7-11(18-8(2)13-7)12(17)14-3-4-19-6-9(14)5-10(15)16/h9H,3-6H2,1-2H3,(H,15,16)/t9-/m0/s1. The van der Waals surface area contributed by atoms with E-state index in [-0.39, 0.29) is 24.1 Å². The number of carboxylic acids is 1. The Balaban J connectivity index is 2.19. The van der Waals surface area contributed by atoms with Crippen molar-refractivity contribution in [1.82, 2.24) is 9.88 Å². The van der Waals surface area contributed by atoms with Gasteiger partial charge in [0.2, 0.25) is 5.76 Å². The van der Waals surface area contributed by atoms with E-state index in [1.807, 2.05) is 0 Å². The van der Waals surface area contributed by atoms with Crippen LogP contribution < -0.4 is 0 Å². The molecule has 1 aliphatic rings. The number of hydrogen-bond donors (Lipinski definition) is 1. The highest BCUT2D eigenvalue weighted by molar-refractivity contribution is 7.99. The van der Waals surface area contributed by atoms with Crippen LogP contribution >= 0.6 is 11.8 Å². The summed E-state index contributed by atoms with van der Waals surface area (Å²) in [6.45, 7) is 3.94. The van der Waals surface area contributed by atoms with Gasteiger partial charge in [0.1, 0.15) is 0 Å². The average molecular weight is 284 g/mol.